The first kappa shape index (κ1) is 19.0. The molecule has 1 saturated heterocycles. The molecule has 1 aliphatic rings. The topological polar surface area (TPSA) is 65.5 Å². The molecule has 3 rings (SSSR count). The van der Waals surface area contributed by atoms with Gasteiger partial charge in [0.1, 0.15) is 5.82 Å². The number of aliphatic hydroxyl groups is 1. The van der Waals surface area contributed by atoms with Crippen molar-refractivity contribution in [1.82, 2.24) is 9.88 Å². The molecule has 0 saturated carbocycles. The van der Waals surface area contributed by atoms with Gasteiger partial charge in [0.15, 0.2) is 0 Å². The van der Waals surface area contributed by atoms with Gasteiger partial charge in [0.2, 0.25) is 0 Å². The Bertz CT molecular complexity index is 779. The maximum absolute atomic E-state index is 12.8. The Balaban J connectivity index is 1.71. The second kappa shape index (κ2) is 8.71. The van der Waals surface area contributed by atoms with Crippen LogP contribution in [0.4, 0.5) is 5.82 Å². The summed E-state index contributed by atoms with van der Waals surface area (Å²) in [4.78, 5) is 18.9. The van der Waals surface area contributed by atoms with Crippen molar-refractivity contribution in [1.29, 1.82) is 0 Å². The highest BCUT2D eigenvalue weighted by Gasteiger charge is 2.22. The zero-order chi connectivity index (χ0) is 18.5. The standard InChI is InChI=1S/C19H21Cl2N3O2/c20-13-6-7-14(16(21)11-13)17(25)12-23-18-15(5-4-8-22-18)19(26)24-9-2-1-3-10-24/h4-8,11,17,25H,1-3,9-10,12H2,(H,22,23). The van der Waals surface area contributed by atoms with E-state index in [4.69, 9.17) is 23.2 Å². The largest absolute Gasteiger partial charge is 0.387 e. The summed E-state index contributed by atoms with van der Waals surface area (Å²) in [6.45, 7) is 1.73. The number of benzene rings is 1. The van der Waals surface area contributed by atoms with Crippen LogP contribution in [-0.2, 0) is 0 Å². The molecule has 138 valence electrons. The third kappa shape index (κ3) is 4.47. The molecule has 2 heterocycles. The number of aromatic nitrogens is 1. The van der Waals surface area contributed by atoms with Crippen molar-refractivity contribution in [3.63, 3.8) is 0 Å². The Hall–Kier alpha value is -1.82. The molecule has 1 atom stereocenters. The van der Waals surface area contributed by atoms with Gasteiger partial charge in [-0.1, -0.05) is 29.3 Å². The van der Waals surface area contributed by atoms with Gasteiger partial charge < -0.3 is 15.3 Å². The van der Waals surface area contributed by atoms with Crippen LogP contribution in [0.25, 0.3) is 0 Å². The zero-order valence-corrected chi connectivity index (χ0v) is 15.8. The Labute approximate surface area is 162 Å². The number of aliphatic hydroxyl groups excluding tert-OH is 1. The van der Waals surface area contributed by atoms with Crippen LogP contribution in [0.1, 0.15) is 41.3 Å². The molecule has 0 spiro atoms. The molecule has 2 aromatic rings. The second-order valence-corrected chi connectivity index (χ2v) is 7.16. The number of likely N-dealkylation sites (tertiary alicyclic amines) is 1. The van der Waals surface area contributed by atoms with Crippen molar-refractivity contribution in [3.8, 4) is 0 Å². The van der Waals surface area contributed by atoms with Gasteiger partial charge in [-0.05, 0) is 43.5 Å². The molecule has 26 heavy (non-hydrogen) atoms. The molecular formula is C19H21Cl2N3O2. The second-order valence-electron chi connectivity index (χ2n) is 6.31. The lowest BCUT2D eigenvalue weighted by Crippen LogP contribution is -2.36. The van der Waals surface area contributed by atoms with Crippen LogP contribution >= 0.6 is 23.2 Å². The number of pyridine rings is 1. The Kier molecular flexibility index (Phi) is 6.35. The maximum atomic E-state index is 12.8. The van der Waals surface area contributed by atoms with Crippen LogP contribution in [0, 0.1) is 0 Å². The minimum atomic E-state index is -0.847. The van der Waals surface area contributed by atoms with Crippen LogP contribution < -0.4 is 5.32 Å². The summed E-state index contributed by atoms with van der Waals surface area (Å²) in [5, 5.41) is 14.4. The Morgan fingerprint density at radius 2 is 2.00 bits per heavy atom. The van der Waals surface area contributed by atoms with Gasteiger partial charge in [-0.15, -0.1) is 0 Å². The highest BCUT2D eigenvalue weighted by atomic mass is 35.5. The summed E-state index contributed by atoms with van der Waals surface area (Å²) >= 11 is 12.0. The fourth-order valence-corrected chi connectivity index (χ4v) is 3.60. The zero-order valence-electron chi connectivity index (χ0n) is 14.3. The number of amides is 1. The number of halogens is 2. The average molecular weight is 394 g/mol. The highest BCUT2D eigenvalue weighted by molar-refractivity contribution is 6.35. The van der Waals surface area contributed by atoms with E-state index in [1.54, 1.807) is 36.5 Å². The number of anilines is 1. The monoisotopic (exact) mass is 393 g/mol. The lowest BCUT2D eigenvalue weighted by molar-refractivity contribution is 0.0724. The maximum Gasteiger partial charge on any atom is 0.257 e. The van der Waals surface area contributed by atoms with E-state index in [0.717, 1.165) is 32.4 Å². The number of hydrogen-bond acceptors (Lipinski definition) is 4. The van der Waals surface area contributed by atoms with Crippen molar-refractivity contribution in [2.45, 2.75) is 25.4 Å². The van der Waals surface area contributed by atoms with Crippen molar-refractivity contribution in [3.05, 3.63) is 57.7 Å². The van der Waals surface area contributed by atoms with Crippen LogP contribution in [0.5, 0.6) is 0 Å². The highest BCUT2D eigenvalue weighted by Crippen LogP contribution is 2.27. The van der Waals surface area contributed by atoms with Crippen molar-refractivity contribution >= 4 is 34.9 Å². The minimum Gasteiger partial charge on any atom is -0.387 e. The van der Waals surface area contributed by atoms with E-state index in [1.165, 1.54) is 0 Å². The minimum absolute atomic E-state index is 0.0284. The van der Waals surface area contributed by atoms with E-state index in [0.29, 0.717) is 27.0 Å². The molecule has 5 nitrogen and oxygen atoms in total. The molecule has 0 aliphatic carbocycles. The summed E-state index contributed by atoms with van der Waals surface area (Å²) < 4.78 is 0. The molecule has 7 heteroatoms. The molecular weight excluding hydrogens is 373 g/mol. The first-order valence-corrected chi connectivity index (χ1v) is 9.43. The van der Waals surface area contributed by atoms with E-state index in [1.807, 2.05) is 4.90 Å². The molecule has 1 aliphatic heterocycles. The summed E-state index contributed by atoms with van der Waals surface area (Å²) in [5.74, 6) is 0.437. The predicted octanol–water partition coefficient (Wildman–Crippen LogP) is 4.16. The van der Waals surface area contributed by atoms with E-state index in [-0.39, 0.29) is 12.5 Å². The third-order valence-electron chi connectivity index (χ3n) is 4.47. The van der Waals surface area contributed by atoms with Crippen LogP contribution in [-0.4, -0.2) is 40.5 Å². The van der Waals surface area contributed by atoms with Crippen molar-refractivity contribution in [2.75, 3.05) is 25.0 Å². The summed E-state index contributed by atoms with van der Waals surface area (Å²) in [6.07, 6.45) is 4.00. The Morgan fingerprint density at radius 1 is 1.23 bits per heavy atom. The molecule has 1 unspecified atom stereocenters. The van der Waals surface area contributed by atoms with Crippen molar-refractivity contribution in [2.24, 2.45) is 0 Å². The summed E-state index contributed by atoms with van der Waals surface area (Å²) in [7, 11) is 0. The number of carbonyl (C=O) groups is 1. The van der Waals surface area contributed by atoms with Gasteiger partial charge in [0, 0.05) is 41.4 Å². The van der Waals surface area contributed by atoms with Gasteiger partial charge in [-0.3, -0.25) is 4.79 Å². The smallest absolute Gasteiger partial charge is 0.257 e. The molecule has 1 amide bonds. The molecule has 1 aromatic heterocycles. The number of nitrogens with one attached hydrogen (secondary N) is 1. The first-order chi connectivity index (χ1) is 12.6. The third-order valence-corrected chi connectivity index (χ3v) is 5.03. The molecule has 1 aromatic carbocycles. The first-order valence-electron chi connectivity index (χ1n) is 8.67. The summed E-state index contributed by atoms with van der Waals surface area (Å²) in [5.41, 5.74) is 1.09. The lowest BCUT2D eigenvalue weighted by atomic mass is 10.1. The number of piperidine rings is 1. The summed E-state index contributed by atoms with van der Waals surface area (Å²) in [6, 6.07) is 8.46. The van der Waals surface area contributed by atoms with Gasteiger partial charge in [0.05, 0.1) is 11.7 Å². The molecule has 0 radical (unpaired) electrons. The SMILES string of the molecule is O=C(c1cccnc1NCC(O)c1ccc(Cl)cc1Cl)N1CCCCC1. The quantitative estimate of drug-likeness (QED) is 0.799. The number of nitrogens with zero attached hydrogens (tertiary/aromatic N) is 2. The molecule has 0 bridgehead atoms. The fourth-order valence-electron chi connectivity index (χ4n) is 3.06. The van der Waals surface area contributed by atoms with E-state index in [9.17, 15) is 9.90 Å². The van der Waals surface area contributed by atoms with Crippen molar-refractivity contribution < 1.29 is 9.90 Å². The van der Waals surface area contributed by atoms with E-state index in [2.05, 4.69) is 10.3 Å². The van der Waals surface area contributed by atoms with E-state index >= 15 is 0 Å². The van der Waals surface area contributed by atoms with Gasteiger partial charge in [-0.2, -0.15) is 0 Å². The van der Waals surface area contributed by atoms with E-state index < -0.39 is 6.10 Å². The lowest BCUT2D eigenvalue weighted by Gasteiger charge is -2.27. The van der Waals surface area contributed by atoms with Gasteiger partial charge in [-0.25, -0.2) is 4.98 Å². The predicted molar refractivity (Wildman–Crippen MR) is 104 cm³/mol. The van der Waals surface area contributed by atoms with Crippen LogP contribution in [0.2, 0.25) is 10.0 Å². The van der Waals surface area contributed by atoms with Crippen LogP contribution in [0.3, 0.4) is 0 Å². The molecule has 2 N–H and O–H groups in total. The fraction of sp³-hybridized carbons (Fsp3) is 0.368. The molecule has 1 fully saturated rings. The number of carbonyl (C=O) groups excluding carboxylic acids is 1. The average Bonchev–Trinajstić information content (AvgIpc) is 2.66. The van der Waals surface area contributed by atoms with Gasteiger partial charge >= 0.3 is 0 Å². The number of hydrogen-bond donors (Lipinski definition) is 2. The number of rotatable bonds is 5. The van der Waals surface area contributed by atoms with Gasteiger partial charge in [0.25, 0.3) is 5.91 Å². The Morgan fingerprint density at radius 3 is 2.73 bits per heavy atom. The van der Waals surface area contributed by atoms with Crippen LogP contribution in [0.15, 0.2) is 36.5 Å². The normalized spacial score (nSPS) is 15.6.